The zero-order valence-corrected chi connectivity index (χ0v) is 10.7. The van der Waals surface area contributed by atoms with Crippen molar-refractivity contribution < 1.29 is 9.21 Å². The van der Waals surface area contributed by atoms with E-state index in [0.29, 0.717) is 17.9 Å². The van der Waals surface area contributed by atoms with Crippen molar-refractivity contribution in [2.24, 2.45) is 5.73 Å². The third-order valence-corrected chi connectivity index (χ3v) is 3.74. The van der Waals surface area contributed by atoms with E-state index in [2.05, 4.69) is 5.32 Å². The Hall–Kier alpha value is -1.29. The van der Waals surface area contributed by atoms with E-state index < -0.39 is 0 Å². The largest absolute Gasteiger partial charge is 0.466 e. The summed E-state index contributed by atoms with van der Waals surface area (Å²) in [5.74, 6) is 1.41. The molecule has 3 N–H and O–H groups in total. The van der Waals surface area contributed by atoms with Crippen molar-refractivity contribution in [2.45, 2.75) is 45.6 Å². The lowest BCUT2D eigenvalue weighted by atomic mass is 9.78. The van der Waals surface area contributed by atoms with Gasteiger partial charge in [0.05, 0.1) is 5.56 Å². The fourth-order valence-electron chi connectivity index (χ4n) is 2.28. The SMILES string of the molecule is Cc1oc(C)c(C(=O)NCC2(N)CCC2)c1C. The average Bonchev–Trinajstić information content (AvgIpc) is 2.47. The Morgan fingerprint density at radius 3 is 2.41 bits per heavy atom. The topological polar surface area (TPSA) is 68.3 Å². The van der Waals surface area contributed by atoms with Crippen molar-refractivity contribution in [1.29, 1.82) is 0 Å². The minimum Gasteiger partial charge on any atom is -0.466 e. The van der Waals surface area contributed by atoms with Crippen molar-refractivity contribution in [1.82, 2.24) is 5.32 Å². The van der Waals surface area contributed by atoms with Crippen LogP contribution in [-0.2, 0) is 0 Å². The van der Waals surface area contributed by atoms with Gasteiger partial charge in [-0.15, -0.1) is 0 Å². The van der Waals surface area contributed by atoms with Gasteiger partial charge in [-0.25, -0.2) is 0 Å². The molecule has 94 valence electrons. The smallest absolute Gasteiger partial charge is 0.255 e. The minimum atomic E-state index is -0.184. The molecule has 1 aliphatic carbocycles. The first-order valence-corrected chi connectivity index (χ1v) is 6.07. The quantitative estimate of drug-likeness (QED) is 0.841. The van der Waals surface area contributed by atoms with Gasteiger partial charge in [0, 0.05) is 17.6 Å². The van der Waals surface area contributed by atoms with Crippen LogP contribution in [0, 0.1) is 20.8 Å². The lowest BCUT2D eigenvalue weighted by molar-refractivity contribution is 0.0927. The van der Waals surface area contributed by atoms with E-state index in [9.17, 15) is 4.79 Å². The summed E-state index contributed by atoms with van der Waals surface area (Å²) in [5, 5.41) is 2.91. The highest BCUT2D eigenvalue weighted by atomic mass is 16.3. The Morgan fingerprint density at radius 2 is 2.00 bits per heavy atom. The number of rotatable bonds is 3. The van der Waals surface area contributed by atoms with Crippen molar-refractivity contribution in [3.63, 3.8) is 0 Å². The molecule has 1 aliphatic rings. The second-order valence-corrected chi connectivity index (χ2v) is 5.11. The molecule has 0 radical (unpaired) electrons. The van der Waals surface area contributed by atoms with E-state index in [-0.39, 0.29) is 11.4 Å². The Morgan fingerprint density at radius 1 is 1.35 bits per heavy atom. The number of nitrogens with one attached hydrogen (secondary N) is 1. The molecule has 0 aromatic carbocycles. The van der Waals surface area contributed by atoms with Crippen LogP contribution in [0.5, 0.6) is 0 Å². The summed E-state index contributed by atoms with van der Waals surface area (Å²) < 4.78 is 5.45. The summed E-state index contributed by atoms with van der Waals surface area (Å²) in [6.45, 7) is 6.14. The van der Waals surface area contributed by atoms with E-state index in [1.807, 2.05) is 20.8 Å². The molecule has 0 saturated heterocycles. The molecule has 1 fully saturated rings. The van der Waals surface area contributed by atoms with E-state index in [1.54, 1.807) is 0 Å². The van der Waals surface area contributed by atoms with Gasteiger partial charge in [-0.3, -0.25) is 4.79 Å². The Bertz CT molecular complexity index is 445. The number of nitrogens with two attached hydrogens (primary N) is 1. The molecule has 0 unspecified atom stereocenters. The van der Waals surface area contributed by atoms with Gasteiger partial charge in [0.25, 0.3) is 5.91 Å². The zero-order valence-electron chi connectivity index (χ0n) is 10.7. The zero-order chi connectivity index (χ0) is 12.6. The first-order chi connectivity index (χ1) is 7.93. The van der Waals surface area contributed by atoms with E-state index in [0.717, 1.165) is 30.6 Å². The first kappa shape index (κ1) is 12.2. The Labute approximate surface area is 102 Å². The fraction of sp³-hybridized carbons (Fsp3) is 0.615. The maximum Gasteiger partial charge on any atom is 0.255 e. The number of hydrogen-bond donors (Lipinski definition) is 2. The molecular weight excluding hydrogens is 216 g/mol. The molecule has 0 bridgehead atoms. The molecule has 0 spiro atoms. The van der Waals surface area contributed by atoms with E-state index >= 15 is 0 Å². The molecule has 1 aromatic rings. The second-order valence-electron chi connectivity index (χ2n) is 5.11. The van der Waals surface area contributed by atoms with Crippen molar-refractivity contribution >= 4 is 5.91 Å². The maximum atomic E-state index is 12.1. The van der Waals surface area contributed by atoms with Crippen LogP contribution < -0.4 is 11.1 Å². The third kappa shape index (κ3) is 2.22. The highest BCUT2D eigenvalue weighted by Crippen LogP contribution is 2.28. The molecule has 4 heteroatoms. The summed E-state index contributed by atoms with van der Waals surface area (Å²) in [5.41, 5.74) is 7.46. The molecular formula is C13H20N2O2. The predicted octanol–water partition coefficient (Wildman–Crippen LogP) is 1.82. The van der Waals surface area contributed by atoms with E-state index in [4.69, 9.17) is 10.2 Å². The molecule has 0 atom stereocenters. The minimum absolute atomic E-state index is 0.0754. The summed E-state index contributed by atoms with van der Waals surface area (Å²) in [6.07, 6.45) is 3.15. The van der Waals surface area contributed by atoms with Crippen molar-refractivity contribution in [3.05, 3.63) is 22.6 Å². The second kappa shape index (κ2) is 4.18. The van der Waals surface area contributed by atoms with Crippen LogP contribution in [0.4, 0.5) is 0 Å². The molecule has 17 heavy (non-hydrogen) atoms. The van der Waals surface area contributed by atoms with Crippen LogP contribution in [-0.4, -0.2) is 18.0 Å². The summed E-state index contributed by atoms with van der Waals surface area (Å²) in [6, 6.07) is 0. The maximum absolute atomic E-state index is 12.1. The number of carbonyl (C=O) groups excluding carboxylic acids is 1. The molecule has 1 heterocycles. The van der Waals surface area contributed by atoms with Gasteiger partial charge >= 0.3 is 0 Å². The molecule has 1 saturated carbocycles. The van der Waals surface area contributed by atoms with Gasteiger partial charge in [-0.05, 0) is 40.0 Å². The highest BCUT2D eigenvalue weighted by Gasteiger charge is 2.33. The van der Waals surface area contributed by atoms with Gasteiger partial charge in [0.1, 0.15) is 11.5 Å². The third-order valence-electron chi connectivity index (χ3n) is 3.74. The predicted molar refractivity (Wildman–Crippen MR) is 66.0 cm³/mol. The monoisotopic (exact) mass is 236 g/mol. The molecule has 2 rings (SSSR count). The average molecular weight is 236 g/mol. The van der Waals surface area contributed by atoms with Gasteiger partial charge in [0.2, 0.25) is 0 Å². The number of amides is 1. The molecule has 1 aromatic heterocycles. The van der Waals surface area contributed by atoms with Crippen LogP contribution in [0.2, 0.25) is 0 Å². The number of carbonyl (C=O) groups is 1. The summed E-state index contributed by atoms with van der Waals surface area (Å²) >= 11 is 0. The van der Waals surface area contributed by atoms with Crippen LogP contribution in [0.3, 0.4) is 0 Å². The Balaban J connectivity index is 2.04. The normalized spacial score (nSPS) is 17.6. The van der Waals surface area contributed by atoms with Crippen LogP contribution in [0.15, 0.2) is 4.42 Å². The lowest BCUT2D eigenvalue weighted by Gasteiger charge is -2.38. The summed E-state index contributed by atoms with van der Waals surface area (Å²) in [4.78, 5) is 12.1. The molecule has 1 amide bonds. The molecule has 0 aliphatic heterocycles. The lowest BCUT2D eigenvalue weighted by Crippen LogP contribution is -2.55. The van der Waals surface area contributed by atoms with E-state index in [1.165, 1.54) is 0 Å². The van der Waals surface area contributed by atoms with Gasteiger partial charge in [-0.1, -0.05) is 0 Å². The highest BCUT2D eigenvalue weighted by molar-refractivity contribution is 5.96. The van der Waals surface area contributed by atoms with Gasteiger partial charge in [-0.2, -0.15) is 0 Å². The number of furan rings is 1. The van der Waals surface area contributed by atoms with Gasteiger partial charge < -0.3 is 15.5 Å². The van der Waals surface area contributed by atoms with Crippen molar-refractivity contribution in [3.8, 4) is 0 Å². The first-order valence-electron chi connectivity index (χ1n) is 6.07. The Kier molecular flexibility index (Phi) is 3.00. The number of aryl methyl sites for hydroxylation is 2. The standard InChI is InChI=1S/C13H20N2O2/c1-8-9(2)17-10(3)11(8)12(16)15-7-13(14)5-4-6-13/h4-7,14H2,1-3H3,(H,15,16). The van der Waals surface area contributed by atoms with Crippen LogP contribution in [0.25, 0.3) is 0 Å². The van der Waals surface area contributed by atoms with Crippen LogP contribution in [0.1, 0.15) is 46.7 Å². The molecule has 4 nitrogen and oxygen atoms in total. The van der Waals surface area contributed by atoms with Crippen molar-refractivity contribution in [2.75, 3.05) is 6.54 Å². The van der Waals surface area contributed by atoms with Crippen LogP contribution >= 0.6 is 0 Å². The number of hydrogen-bond acceptors (Lipinski definition) is 3. The van der Waals surface area contributed by atoms with Gasteiger partial charge in [0.15, 0.2) is 0 Å². The summed E-state index contributed by atoms with van der Waals surface area (Å²) in [7, 11) is 0. The fourth-order valence-corrected chi connectivity index (χ4v) is 2.28.